The second-order valence-electron chi connectivity index (χ2n) is 3.03. The molecule has 1 heterocycles. The van der Waals surface area contributed by atoms with Gasteiger partial charge in [0.15, 0.2) is 5.69 Å². The summed E-state index contributed by atoms with van der Waals surface area (Å²) in [4.78, 5) is 11.0. The highest BCUT2D eigenvalue weighted by molar-refractivity contribution is 7.10. The van der Waals surface area contributed by atoms with Gasteiger partial charge in [-0.1, -0.05) is 16.6 Å². The summed E-state index contributed by atoms with van der Waals surface area (Å²) in [6.07, 6.45) is 0. The molecule has 0 fully saturated rings. The molecule has 2 rings (SSSR count). The van der Waals surface area contributed by atoms with Gasteiger partial charge in [-0.15, -0.1) is 5.10 Å². The van der Waals surface area contributed by atoms with Crippen LogP contribution in [0.25, 0.3) is 0 Å². The molecule has 0 radical (unpaired) electrons. The van der Waals surface area contributed by atoms with Crippen molar-refractivity contribution in [2.24, 2.45) is 5.73 Å². The number of benzene rings is 1. The smallest absolute Gasteiger partial charge is 0.272 e. The zero-order valence-electron chi connectivity index (χ0n) is 8.18. The summed E-state index contributed by atoms with van der Waals surface area (Å²) in [6.45, 7) is 0. The first-order chi connectivity index (χ1) is 7.68. The first-order valence-corrected chi connectivity index (χ1v) is 5.19. The van der Waals surface area contributed by atoms with Crippen LogP contribution in [0.2, 0.25) is 0 Å². The Labute approximate surface area is 95.4 Å². The number of carbonyl (C=O) groups is 1. The molecular weight excluding hydrogens is 226 g/mol. The van der Waals surface area contributed by atoms with Gasteiger partial charge in [0, 0.05) is 11.5 Å². The number of aromatic nitrogens is 2. The van der Waals surface area contributed by atoms with Crippen LogP contribution in [0, 0.1) is 0 Å². The van der Waals surface area contributed by atoms with Gasteiger partial charge >= 0.3 is 0 Å². The predicted molar refractivity (Wildman–Crippen MR) is 62.6 cm³/mol. The fourth-order valence-corrected chi connectivity index (χ4v) is 1.75. The van der Waals surface area contributed by atoms with E-state index >= 15 is 0 Å². The summed E-state index contributed by atoms with van der Waals surface area (Å²) in [5, 5.41) is 7.09. The van der Waals surface area contributed by atoms with Gasteiger partial charge in [0.1, 0.15) is 5.00 Å². The number of nitrogen functional groups attached to an aromatic ring is 1. The number of carbonyl (C=O) groups excluding carboxylic acids is 1. The fraction of sp³-hybridized carbons (Fsp3) is 0. The number of rotatable bonds is 3. The van der Waals surface area contributed by atoms with Crippen LogP contribution >= 0.6 is 11.5 Å². The lowest BCUT2D eigenvalue weighted by Crippen LogP contribution is -2.13. The average molecular weight is 235 g/mol. The van der Waals surface area contributed by atoms with Gasteiger partial charge in [0.2, 0.25) is 0 Å². The second kappa shape index (κ2) is 4.15. The molecule has 0 aliphatic rings. The minimum atomic E-state index is -0.620. The van der Waals surface area contributed by atoms with E-state index in [1.165, 1.54) is 0 Å². The van der Waals surface area contributed by atoms with Gasteiger partial charge in [-0.3, -0.25) is 4.79 Å². The Morgan fingerprint density at radius 3 is 2.81 bits per heavy atom. The van der Waals surface area contributed by atoms with Crippen molar-refractivity contribution in [2.45, 2.75) is 0 Å². The van der Waals surface area contributed by atoms with E-state index in [1.54, 1.807) is 12.1 Å². The molecule has 82 valence electrons. The van der Waals surface area contributed by atoms with Gasteiger partial charge in [0.05, 0.1) is 11.4 Å². The largest absolute Gasteiger partial charge is 0.397 e. The molecule has 0 unspecified atom stereocenters. The highest BCUT2D eigenvalue weighted by Gasteiger charge is 2.13. The highest BCUT2D eigenvalue weighted by atomic mass is 32.1. The van der Waals surface area contributed by atoms with E-state index in [0.29, 0.717) is 16.4 Å². The quantitative estimate of drug-likeness (QED) is 0.687. The number of nitrogens with two attached hydrogens (primary N) is 2. The van der Waals surface area contributed by atoms with Crippen molar-refractivity contribution in [1.29, 1.82) is 0 Å². The first-order valence-electron chi connectivity index (χ1n) is 4.42. The third-order valence-electron chi connectivity index (χ3n) is 1.93. The molecule has 0 aliphatic carbocycles. The van der Waals surface area contributed by atoms with E-state index in [2.05, 4.69) is 14.9 Å². The fourth-order valence-electron chi connectivity index (χ4n) is 1.17. The number of hydrogen-bond acceptors (Lipinski definition) is 6. The molecule has 7 heteroatoms. The van der Waals surface area contributed by atoms with Crippen LogP contribution < -0.4 is 16.8 Å². The van der Waals surface area contributed by atoms with Crippen LogP contribution in [-0.4, -0.2) is 15.5 Å². The molecule has 0 saturated carbocycles. The molecule has 0 bridgehead atoms. The Balaban J connectivity index is 2.31. The zero-order valence-corrected chi connectivity index (χ0v) is 8.99. The maximum absolute atomic E-state index is 11.0. The summed E-state index contributed by atoms with van der Waals surface area (Å²) in [7, 11) is 0. The molecule has 1 aromatic carbocycles. The average Bonchev–Trinajstić information content (AvgIpc) is 2.69. The first kappa shape index (κ1) is 10.4. The zero-order chi connectivity index (χ0) is 11.5. The summed E-state index contributed by atoms with van der Waals surface area (Å²) >= 11 is 1.05. The topological polar surface area (TPSA) is 107 Å². The van der Waals surface area contributed by atoms with E-state index in [9.17, 15) is 4.79 Å². The van der Waals surface area contributed by atoms with Crippen LogP contribution in [0.3, 0.4) is 0 Å². The number of amides is 1. The maximum Gasteiger partial charge on any atom is 0.272 e. The Bertz CT molecular complexity index is 524. The number of primary amides is 1. The lowest BCUT2D eigenvalue weighted by molar-refractivity contribution is 0.0996. The minimum absolute atomic E-state index is 0.119. The molecule has 0 atom stereocenters. The number of anilines is 3. The lowest BCUT2D eigenvalue weighted by Gasteiger charge is -2.06. The molecular formula is C9H9N5OS. The molecule has 0 spiro atoms. The van der Waals surface area contributed by atoms with E-state index < -0.39 is 5.91 Å². The van der Waals surface area contributed by atoms with Crippen LogP contribution in [0.15, 0.2) is 24.3 Å². The van der Waals surface area contributed by atoms with Gasteiger partial charge < -0.3 is 16.8 Å². The minimum Gasteiger partial charge on any atom is -0.397 e. The summed E-state index contributed by atoms with van der Waals surface area (Å²) in [6, 6.07) is 7.19. The molecule has 1 aromatic heterocycles. The molecule has 16 heavy (non-hydrogen) atoms. The van der Waals surface area contributed by atoms with Gasteiger partial charge in [-0.2, -0.15) is 0 Å². The Hall–Kier alpha value is -2.15. The summed E-state index contributed by atoms with van der Waals surface area (Å²) in [5.41, 5.74) is 12.3. The summed E-state index contributed by atoms with van der Waals surface area (Å²) < 4.78 is 3.66. The van der Waals surface area contributed by atoms with E-state index in [0.717, 1.165) is 11.5 Å². The van der Waals surface area contributed by atoms with Crippen molar-refractivity contribution < 1.29 is 4.79 Å². The number of para-hydroxylation sites is 2. The molecule has 2 aromatic rings. The van der Waals surface area contributed by atoms with Crippen LogP contribution in [-0.2, 0) is 0 Å². The molecule has 1 amide bonds. The maximum atomic E-state index is 11.0. The number of hydrogen-bond donors (Lipinski definition) is 3. The standard InChI is InChI=1S/C9H9N5OS/c10-5-3-1-2-4-6(5)12-9-7(8(11)15)13-14-16-9/h1-4,12H,10H2,(H2,11,15). The highest BCUT2D eigenvalue weighted by Crippen LogP contribution is 2.26. The third kappa shape index (κ3) is 1.94. The van der Waals surface area contributed by atoms with Crippen molar-refractivity contribution in [3.05, 3.63) is 30.0 Å². The van der Waals surface area contributed by atoms with Crippen molar-refractivity contribution in [3.63, 3.8) is 0 Å². The molecule has 0 aliphatic heterocycles. The van der Waals surface area contributed by atoms with Crippen molar-refractivity contribution >= 4 is 33.8 Å². The Morgan fingerprint density at radius 1 is 1.38 bits per heavy atom. The normalized spacial score (nSPS) is 10.0. The number of nitrogens with zero attached hydrogens (tertiary/aromatic N) is 2. The lowest BCUT2D eigenvalue weighted by atomic mass is 10.2. The summed E-state index contributed by atoms with van der Waals surface area (Å²) in [5.74, 6) is -0.620. The van der Waals surface area contributed by atoms with Crippen molar-refractivity contribution in [1.82, 2.24) is 9.59 Å². The van der Waals surface area contributed by atoms with E-state index in [4.69, 9.17) is 11.5 Å². The third-order valence-corrected chi connectivity index (χ3v) is 2.57. The van der Waals surface area contributed by atoms with E-state index in [1.807, 2.05) is 12.1 Å². The van der Waals surface area contributed by atoms with Crippen LogP contribution in [0.5, 0.6) is 0 Å². The van der Waals surface area contributed by atoms with Crippen molar-refractivity contribution in [3.8, 4) is 0 Å². The van der Waals surface area contributed by atoms with Crippen LogP contribution in [0.4, 0.5) is 16.4 Å². The Morgan fingerprint density at radius 2 is 2.12 bits per heavy atom. The van der Waals surface area contributed by atoms with Gasteiger partial charge in [-0.25, -0.2) is 0 Å². The molecule has 5 N–H and O–H groups in total. The SMILES string of the molecule is NC(=O)c1nnsc1Nc1ccccc1N. The second-order valence-corrected chi connectivity index (χ2v) is 3.78. The van der Waals surface area contributed by atoms with E-state index in [-0.39, 0.29) is 5.69 Å². The Kier molecular flexibility index (Phi) is 2.69. The van der Waals surface area contributed by atoms with Crippen LogP contribution in [0.1, 0.15) is 10.5 Å². The van der Waals surface area contributed by atoms with Gasteiger partial charge in [0.25, 0.3) is 5.91 Å². The predicted octanol–water partition coefficient (Wildman–Crippen LogP) is 0.963. The molecule has 0 saturated heterocycles. The number of nitrogens with one attached hydrogen (secondary N) is 1. The monoisotopic (exact) mass is 235 g/mol. The van der Waals surface area contributed by atoms with Crippen molar-refractivity contribution in [2.75, 3.05) is 11.1 Å². The van der Waals surface area contributed by atoms with Gasteiger partial charge in [-0.05, 0) is 12.1 Å². The molecule has 6 nitrogen and oxygen atoms in total.